The summed E-state index contributed by atoms with van der Waals surface area (Å²) in [7, 11) is 1.80. The number of likely N-dealkylation sites (tertiary alicyclic amines) is 1. The highest BCUT2D eigenvalue weighted by Crippen LogP contribution is 2.34. The van der Waals surface area contributed by atoms with Gasteiger partial charge in [-0.15, -0.1) is 0 Å². The van der Waals surface area contributed by atoms with Gasteiger partial charge < -0.3 is 10.0 Å². The minimum Gasteiger partial charge on any atom is -0.391 e. The Kier molecular flexibility index (Phi) is 4.67. The second-order valence-electron chi connectivity index (χ2n) is 6.20. The first-order valence-electron chi connectivity index (χ1n) is 7.97. The average Bonchev–Trinajstić information content (AvgIpc) is 3.11. The van der Waals surface area contributed by atoms with Gasteiger partial charge in [0.1, 0.15) is 11.6 Å². The van der Waals surface area contributed by atoms with Gasteiger partial charge in [-0.1, -0.05) is 0 Å². The molecule has 0 radical (unpaired) electrons. The van der Waals surface area contributed by atoms with Crippen molar-refractivity contribution in [2.45, 2.75) is 25.5 Å². The van der Waals surface area contributed by atoms with E-state index in [2.05, 4.69) is 5.10 Å². The molecular weight excluding hydrogens is 328 g/mol. The zero-order valence-corrected chi connectivity index (χ0v) is 14.0. The molecule has 1 amide bonds. The fraction of sp³-hybridized carbons (Fsp3) is 0.333. The van der Waals surface area contributed by atoms with E-state index in [4.69, 9.17) is 0 Å². The van der Waals surface area contributed by atoms with Gasteiger partial charge in [-0.2, -0.15) is 5.10 Å². The van der Waals surface area contributed by atoms with Gasteiger partial charge in [-0.25, -0.2) is 8.78 Å². The van der Waals surface area contributed by atoms with Crippen LogP contribution < -0.4 is 0 Å². The first kappa shape index (κ1) is 17.3. The smallest absolute Gasteiger partial charge is 0.247 e. The molecule has 0 saturated carbocycles. The van der Waals surface area contributed by atoms with Crippen molar-refractivity contribution in [3.05, 3.63) is 58.9 Å². The number of benzene rings is 1. The molecule has 2 atom stereocenters. The number of aromatic nitrogens is 2. The molecule has 2 unspecified atom stereocenters. The minimum atomic E-state index is -0.773. The van der Waals surface area contributed by atoms with Crippen LogP contribution in [0, 0.1) is 18.6 Å². The lowest BCUT2D eigenvalue weighted by Crippen LogP contribution is -2.30. The van der Waals surface area contributed by atoms with E-state index in [9.17, 15) is 18.7 Å². The number of hydrogen-bond donors (Lipinski definition) is 1. The van der Waals surface area contributed by atoms with Crippen LogP contribution in [0.5, 0.6) is 0 Å². The van der Waals surface area contributed by atoms with Crippen molar-refractivity contribution in [2.24, 2.45) is 7.05 Å². The third-order valence-electron chi connectivity index (χ3n) is 4.56. The molecule has 5 nitrogen and oxygen atoms in total. The fourth-order valence-corrected chi connectivity index (χ4v) is 3.06. The molecule has 1 N–H and O–H groups in total. The molecule has 1 aliphatic rings. The van der Waals surface area contributed by atoms with Crippen LogP contribution in [-0.4, -0.2) is 38.3 Å². The molecule has 0 bridgehead atoms. The Labute approximate surface area is 144 Å². The number of aliphatic hydroxyl groups excluding tert-OH is 1. The average molecular weight is 347 g/mol. The van der Waals surface area contributed by atoms with Crippen LogP contribution in [0.3, 0.4) is 0 Å². The maximum absolute atomic E-state index is 14.1. The summed E-state index contributed by atoms with van der Waals surface area (Å²) in [5, 5.41) is 14.0. The largest absolute Gasteiger partial charge is 0.391 e. The second-order valence-corrected chi connectivity index (χ2v) is 6.20. The molecule has 2 aromatic rings. The molecule has 2 heterocycles. The SMILES string of the molecule is Cc1c(/C=C/C(=O)N2CC(O)CC2c2cc(F)ccc2F)cnn1C. The molecule has 132 valence electrons. The van der Waals surface area contributed by atoms with E-state index in [-0.39, 0.29) is 24.4 Å². The molecule has 1 aromatic heterocycles. The van der Waals surface area contributed by atoms with Crippen LogP contribution in [0.1, 0.15) is 29.3 Å². The van der Waals surface area contributed by atoms with E-state index >= 15 is 0 Å². The van der Waals surface area contributed by atoms with Crippen molar-refractivity contribution in [1.82, 2.24) is 14.7 Å². The number of hydrogen-bond acceptors (Lipinski definition) is 3. The van der Waals surface area contributed by atoms with Gasteiger partial charge >= 0.3 is 0 Å². The van der Waals surface area contributed by atoms with Crippen LogP contribution in [0.25, 0.3) is 6.08 Å². The monoisotopic (exact) mass is 347 g/mol. The Morgan fingerprint density at radius 2 is 2.16 bits per heavy atom. The topological polar surface area (TPSA) is 58.4 Å². The second kappa shape index (κ2) is 6.76. The Morgan fingerprint density at radius 1 is 1.40 bits per heavy atom. The lowest BCUT2D eigenvalue weighted by atomic mass is 10.0. The van der Waals surface area contributed by atoms with Crippen LogP contribution in [-0.2, 0) is 11.8 Å². The Morgan fingerprint density at radius 3 is 2.84 bits per heavy atom. The normalized spacial score (nSPS) is 20.6. The first-order valence-corrected chi connectivity index (χ1v) is 7.97. The highest BCUT2D eigenvalue weighted by Gasteiger charge is 2.36. The van der Waals surface area contributed by atoms with Gasteiger partial charge in [-0.05, 0) is 37.6 Å². The van der Waals surface area contributed by atoms with E-state index in [1.807, 2.05) is 6.92 Å². The highest BCUT2D eigenvalue weighted by molar-refractivity contribution is 5.92. The molecule has 1 saturated heterocycles. The standard InChI is InChI=1S/C18H19F2N3O2/c1-11-12(9-21-22(11)2)3-6-18(25)23-10-14(24)8-17(23)15-7-13(19)4-5-16(15)20/h3-7,9,14,17,24H,8,10H2,1-2H3/b6-3+. The van der Waals surface area contributed by atoms with E-state index in [0.717, 1.165) is 29.5 Å². The maximum atomic E-state index is 14.1. The van der Waals surface area contributed by atoms with E-state index in [1.165, 1.54) is 11.0 Å². The number of aliphatic hydroxyl groups is 1. The summed E-state index contributed by atoms with van der Waals surface area (Å²) in [6.45, 7) is 1.96. The molecule has 25 heavy (non-hydrogen) atoms. The number of aryl methyl sites for hydroxylation is 1. The van der Waals surface area contributed by atoms with E-state index < -0.39 is 23.8 Å². The van der Waals surface area contributed by atoms with E-state index in [0.29, 0.717) is 0 Å². The number of amides is 1. The van der Waals surface area contributed by atoms with Crippen LogP contribution in [0.4, 0.5) is 8.78 Å². The molecular formula is C18H19F2N3O2. The first-order chi connectivity index (χ1) is 11.9. The number of halogens is 2. The van der Waals surface area contributed by atoms with Gasteiger partial charge in [0.25, 0.3) is 0 Å². The molecule has 1 fully saturated rings. The lowest BCUT2D eigenvalue weighted by Gasteiger charge is -2.23. The maximum Gasteiger partial charge on any atom is 0.247 e. The van der Waals surface area contributed by atoms with Gasteiger partial charge in [0, 0.05) is 36.5 Å². The zero-order chi connectivity index (χ0) is 18.1. The van der Waals surface area contributed by atoms with Gasteiger partial charge in [-0.3, -0.25) is 9.48 Å². The summed E-state index contributed by atoms with van der Waals surface area (Å²) in [5.41, 5.74) is 1.78. The van der Waals surface area contributed by atoms with Crippen molar-refractivity contribution < 1.29 is 18.7 Å². The molecule has 0 spiro atoms. The van der Waals surface area contributed by atoms with Crippen molar-refractivity contribution in [3.63, 3.8) is 0 Å². The van der Waals surface area contributed by atoms with Gasteiger partial charge in [0.05, 0.1) is 18.3 Å². The lowest BCUT2D eigenvalue weighted by molar-refractivity contribution is -0.127. The summed E-state index contributed by atoms with van der Waals surface area (Å²) < 4.78 is 29.3. The molecule has 7 heteroatoms. The number of nitrogens with zero attached hydrogens (tertiary/aromatic N) is 3. The fourth-order valence-electron chi connectivity index (χ4n) is 3.06. The highest BCUT2D eigenvalue weighted by atomic mass is 19.1. The number of carbonyl (C=O) groups excluding carboxylic acids is 1. The zero-order valence-electron chi connectivity index (χ0n) is 14.0. The third-order valence-corrected chi connectivity index (χ3v) is 4.56. The number of β-amino-alcohol motifs (C(OH)–C–C–N with tert-alkyl or cyclic N) is 1. The van der Waals surface area contributed by atoms with Crippen molar-refractivity contribution in [2.75, 3.05) is 6.54 Å². The predicted octanol–water partition coefficient (Wildman–Crippen LogP) is 2.35. The van der Waals surface area contributed by atoms with Crippen molar-refractivity contribution in [3.8, 4) is 0 Å². The third kappa shape index (κ3) is 3.46. The number of carbonyl (C=O) groups is 1. The van der Waals surface area contributed by atoms with Crippen molar-refractivity contribution >= 4 is 12.0 Å². The Bertz CT molecular complexity index is 832. The molecule has 3 rings (SSSR count). The van der Waals surface area contributed by atoms with Crippen molar-refractivity contribution in [1.29, 1.82) is 0 Å². The summed E-state index contributed by atoms with van der Waals surface area (Å²) in [5.74, 6) is -1.54. The van der Waals surface area contributed by atoms with Crippen LogP contribution in [0.15, 0.2) is 30.5 Å². The van der Waals surface area contributed by atoms with Gasteiger partial charge in [0.2, 0.25) is 5.91 Å². The summed E-state index contributed by atoms with van der Waals surface area (Å²) >= 11 is 0. The predicted molar refractivity (Wildman–Crippen MR) is 88.4 cm³/mol. The number of rotatable bonds is 3. The quantitative estimate of drug-likeness (QED) is 0.867. The van der Waals surface area contributed by atoms with Crippen LogP contribution >= 0.6 is 0 Å². The molecule has 1 aliphatic heterocycles. The Balaban J connectivity index is 1.85. The van der Waals surface area contributed by atoms with Gasteiger partial charge in [0.15, 0.2) is 0 Å². The van der Waals surface area contributed by atoms with Crippen LogP contribution in [0.2, 0.25) is 0 Å². The summed E-state index contributed by atoms with van der Waals surface area (Å²) in [4.78, 5) is 13.9. The summed E-state index contributed by atoms with van der Waals surface area (Å²) in [6, 6.07) is 2.44. The molecule has 1 aromatic carbocycles. The Hall–Kier alpha value is -2.54. The summed E-state index contributed by atoms with van der Waals surface area (Å²) in [6.07, 6.45) is 4.04. The molecule has 0 aliphatic carbocycles. The minimum absolute atomic E-state index is 0.0792. The van der Waals surface area contributed by atoms with E-state index in [1.54, 1.807) is 24.0 Å².